The Bertz CT molecular complexity index is 468. The molecule has 2 fully saturated rings. The fourth-order valence-electron chi connectivity index (χ4n) is 3.55. The lowest BCUT2D eigenvalue weighted by molar-refractivity contribution is -0.00678. The molecule has 1 aromatic heterocycles. The lowest BCUT2D eigenvalue weighted by Gasteiger charge is -2.49. The van der Waals surface area contributed by atoms with Crippen LogP contribution in [0.3, 0.4) is 0 Å². The summed E-state index contributed by atoms with van der Waals surface area (Å²) in [5.41, 5.74) is 1.17. The van der Waals surface area contributed by atoms with E-state index in [1.54, 1.807) is 0 Å². The van der Waals surface area contributed by atoms with Crippen molar-refractivity contribution >= 4 is 0 Å². The Morgan fingerprint density at radius 3 is 2.81 bits per heavy atom. The van der Waals surface area contributed by atoms with Gasteiger partial charge in [0.15, 0.2) is 0 Å². The van der Waals surface area contributed by atoms with Gasteiger partial charge in [0.1, 0.15) is 5.82 Å². The van der Waals surface area contributed by atoms with E-state index in [4.69, 9.17) is 0 Å². The van der Waals surface area contributed by atoms with Crippen LogP contribution in [0.1, 0.15) is 57.5 Å². The highest BCUT2D eigenvalue weighted by atomic mass is 15.3. The molecule has 4 nitrogen and oxygen atoms in total. The van der Waals surface area contributed by atoms with Crippen molar-refractivity contribution in [3.63, 3.8) is 0 Å². The number of rotatable bonds is 4. The van der Waals surface area contributed by atoms with Crippen LogP contribution in [0.5, 0.6) is 0 Å². The molecule has 0 spiro atoms. The van der Waals surface area contributed by atoms with Gasteiger partial charge in [-0.15, -0.1) is 0 Å². The molecule has 2 aliphatic heterocycles. The first-order valence-corrected chi connectivity index (χ1v) is 8.43. The van der Waals surface area contributed by atoms with E-state index >= 15 is 0 Å². The van der Waals surface area contributed by atoms with Gasteiger partial charge in [-0.25, -0.2) is 9.97 Å². The Labute approximate surface area is 128 Å². The summed E-state index contributed by atoms with van der Waals surface area (Å²) in [4.78, 5) is 14.3. The van der Waals surface area contributed by atoms with Gasteiger partial charge in [0.25, 0.3) is 0 Å². The molecular weight excluding hydrogens is 260 g/mol. The largest absolute Gasteiger partial charge is 0.295 e. The van der Waals surface area contributed by atoms with Gasteiger partial charge in [-0.05, 0) is 32.4 Å². The Kier molecular flexibility index (Phi) is 4.55. The van der Waals surface area contributed by atoms with Gasteiger partial charge >= 0.3 is 0 Å². The number of likely N-dealkylation sites (tertiary alicyclic amines) is 2. The quantitative estimate of drug-likeness (QED) is 0.852. The SMILES string of the molecule is CC(C)c1nccc(CN2CC(N3CCCCC3C)C2)n1. The molecule has 0 amide bonds. The third-order valence-electron chi connectivity index (χ3n) is 4.90. The van der Waals surface area contributed by atoms with Gasteiger partial charge in [0, 0.05) is 43.8 Å². The fourth-order valence-corrected chi connectivity index (χ4v) is 3.55. The number of hydrogen-bond donors (Lipinski definition) is 0. The molecule has 4 heteroatoms. The molecule has 0 bridgehead atoms. The van der Waals surface area contributed by atoms with Crippen molar-refractivity contribution in [2.45, 2.75) is 64.6 Å². The fraction of sp³-hybridized carbons (Fsp3) is 0.765. The zero-order valence-electron chi connectivity index (χ0n) is 13.6. The Balaban J connectivity index is 1.51. The highest BCUT2D eigenvalue weighted by molar-refractivity contribution is 5.06. The van der Waals surface area contributed by atoms with E-state index in [0.717, 1.165) is 24.5 Å². The molecule has 3 rings (SSSR count). The van der Waals surface area contributed by atoms with Crippen molar-refractivity contribution in [3.05, 3.63) is 23.8 Å². The van der Waals surface area contributed by atoms with Crippen molar-refractivity contribution < 1.29 is 0 Å². The third kappa shape index (κ3) is 3.43. The summed E-state index contributed by atoms with van der Waals surface area (Å²) in [7, 11) is 0. The van der Waals surface area contributed by atoms with Crippen LogP contribution in [0.4, 0.5) is 0 Å². The Hall–Kier alpha value is -1.00. The van der Waals surface area contributed by atoms with E-state index in [0.29, 0.717) is 5.92 Å². The summed E-state index contributed by atoms with van der Waals surface area (Å²) >= 11 is 0. The summed E-state index contributed by atoms with van der Waals surface area (Å²) < 4.78 is 0. The lowest BCUT2D eigenvalue weighted by Crippen LogP contribution is -2.61. The van der Waals surface area contributed by atoms with E-state index in [-0.39, 0.29) is 0 Å². The maximum atomic E-state index is 4.68. The summed E-state index contributed by atoms with van der Waals surface area (Å²) in [6.07, 6.45) is 6.07. The van der Waals surface area contributed by atoms with Crippen LogP contribution < -0.4 is 0 Å². The third-order valence-corrected chi connectivity index (χ3v) is 4.90. The first-order valence-electron chi connectivity index (χ1n) is 8.43. The molecule has 0 N–H and O–H groups in total. The maximum absolute atomic E-state index is 4.68. The average molecular weight is 288 g/mol. The Morgan fingerprint density at radius 1 is 1.29 bits per heavy atom. The molecule has 21 heavy (non-hydrogen) atoms. The summed E-state index contributed by atoms with van der Waals surface area (Å²) in [5.74, 6) is 1.37. The van der Waals surface area contributed by atoms with E-state index in [2.05, 4.69) is 46.6 Å². The predicted octanol–water partition coefficient (Wildman–Crippen LogP) is 2.66. The smallest absolute Gasteiger partial charge is 0.131 e. The van der Waals surface area contributed by atoms with Crippen LogP contribution >= 0.6 is 0 Å². The van der Waals surface area contributed by atoms with Crippen LogP contribution in [0.15, 0.2) is 12.3 Å². The minimum Gasteiger partial charge on any atom is -0.295 e. The molecule has 0 aromatic carbocycles. The Morgan fingerprint density at radius 2 is 2.10 bits per heavy atom. The van der Waals surface area contributed by atoms with E-state index in [9.17, 15) is 0 Å². The average Bonchev–Trinajstić information content (AvgIpc) is 2.44. The van der Waals surface area contributed by atoms with Crippen LogP contribution in [0.2, 0.25) is 0 Å². The number of hydrogen-bond acceptors (Lipinski definition) is 4. The number of piperidine rings is 1. The lowest BCUT2D eigenvalue weighted by atomic mass is 9.97. The van der Waals surface area contributed by atoms with Gasteiger partial charge in [-0.3, -0.25) is 9.80 Å². The van der Waals surface area contributed by atoms with Crippen molar-refractivity contribution in [2.75, 3.05) is 19.6 Å². The molecule has 3 heterocycles. The number of nitrogens with zero attached hydrogens (tertiary/aromatic N) is 4. The molecule has 116 valence electrons. The second kappa shape index (κ2) is 6.41. The molecule has 2 aliphatic rings. The van der Waals surface area contributed by atoms with Crippen molar-refractivity contribution in [1.29, 1.82) is 0 Å². The second-order valence-corrected chi connectivity index (χ2v) is 6.99. The molecule has 1 unspecified atom stereocenters. The van der Waals surface area contributed by atoms with E-state index in [1.165, 1.54) is 44.6 Å². The van der Waals surface area contributed by atoms with Gasteiger partial charge in [0.2, 0.25) is 0 Å². The zero-order valence-corrected chi connectivity index (χ0v) is 13.6. The molecule has 1 atom stereocenters. The highest BCUT2D eigenvalue weighted by Gasteiger charge is 2.34. The molecule has 1 aromatic rings. The van der Waals surface area contributed by atoms with Gasteiger partial charge in [-0.2, -0.15) is 0 Å². The predicted molar refractivity (Wildman–Crippen MR) is 85.2 cm³/mol. The summed E-state index contributed by atoms with van der Waals surface area (Å²) in [5, 5.41) is 0. The van der Waals surface area contributed by atoms with Crippen LogP contribution in [-0.4, -0.2) is 51.5 Å². The number of aromatic nitrogens is 2. The first-order chi connectivity index (χ1) is 10.1. The van der Waals surface area contributed by atoms with E-state index < -0.39 is 0 Å². The zero-order chi connectivity index (χ0) is 14.8. The van der Waals surface area contributed by atoms with Crippen molar-refractivity contribution in [3.8, 4) is 0 Å². The first kappa shape index (κ1) is 14.9. The highest BCUT2D eigenvalue weighted by Crippen LogP contribution is 2.25. The van der Waals surface area contributed by atoms with Crippen LogP contribution in [0.25, 0.3) is 0 Å². The van der Waals surface area contributed by atoms with Crippen molar-refractivity contribution in [1.82, 2.24) is 19.8 Å². The molecular formula is C17H28N4. The standard InChI is InChI=1S/C17H28N4/c1-13(2)17-18-8-7-15(19-17)10-20-11-16(12-20)21-9-5-4-6-14(21)3/h7-8,13-14,16H,4-6,9-12H2,1-3H3. The summed E-state index contributed by atoms with van der Waals surface area (Å²) in [6.45, 7) is 11.4. The minimum absolute atomic E-state index is 0.406. The van der Waals surface area contributed by atoms with Gasteiger partial charge in [-0.1, -0.05) is 20.3 Å². The molecule has 0 saturated carbocycles. The molecule has 2 saturated heterocycles. The normalized spacial score (nSPS) is 25.2. The van der Waals surface area contributed by atoms with Gasteiger partial charge in [0.05, 0.1) is 5.69 Å². The minimum atomic E-state index is 0.406. The second-order valence-electron chi connectivity index (χ2n) is 6.99. The maximum Gasteiger partial charge on any atom is 0.131 e. The van der Waals surface area contributed by atoms with Crippen molar-refractivity contribution in [2.24, 2.45) is 0 Å². The monoisotopic (exact) mass is 288 g/mol. The van der Waals surface area contributed by atoms with Gasteiger partial charge < -0.3 is 0 Å². The van der Waals surface area contributed by atoms with Crippen LogP contribution in [-0.2, 0) is 6.54 Å². The topological polar surface area (TPSA) is 32.3 Å². The van der Waals surface area contributed by atoms with Crippen LogP contribution in [0, 0.1) is 0 Å². The van der Waals surface area contributed by atoms with E-state index in [1.807, 2.05) is 6.20 Å². The summed E-state index contributed by atoms with van der Waals surface area (Å²) in [6, 6.07) is 3.60. The molecule has 0 radical (unpaired) electrons. The molecule has 0 aliphatic carbocycles.